The van der Waals surface area contributed by atoms with Gasteiger partial charge in [0, 0.05) is 24.2 Å². The van der Waals surface area contributed by atoms with Crippen LogP contribution in [0.3, 0.4) is 0 Å². The van der Waals surface area contributed by atoms with E-state index in [4.69, 9.17) is 9.47 Å². The molecule has 7 heteroatoms. The van der Waals surface area contributed by atoms with E-state index in [9.17, 15) is 14.7 Å². The molecule has 2 aromatic rings. The molecule has 188 valence electrons. The average Bonchev–Trinajstić information content (AvgIpc) is 3.12. The van der Waals surface area contributed by atoms with E-state index in [0.717, 1.165) is 13.1 Å². The van der Waals surface area contributed by atoms with Crippen LogP contribution in [0.1, 0.15) is 44.9 Å². The molecule has 1 N–H and O–H groups in total. The number of benzene rings is 2. The fourth-order valence-electron chi connectivity index (χ4n) is 4.24. The first-order chi connectivity index (χ1) is 16.8. The standard InChI is InChI=1S/C28H36N2O5/c1-6-29(7-2)16-17-30-25(22-10-8-9-11-23(22)34-5)24(27(32)28(30)33)26(31)20-12-14-21(15-13-20)35-18-19(3)4/h8-15,19,25,31H,6-7,16-18H2,1-5H3/t25-/m0/s1. The van der Waals surface area contributed by atoms with Gasteiger partial charge in [0.15, 0.2) is 0 Å². The molecule has 1 aliphatic rings. The molecule has 3 rings (SSSR count). The number of ether oxygens (including phenoxy) is 2. The Morgan fingerprint density at radius 3 is 2.31 bits per heavy atom. The zero-order chi connectivity index (χ0) is 25.5. The van der Waals surface area contributed by atoms with E-state index >= 15 is 0 Å². The number of amides is 1. The SMILES string of the molecule is CCN(CC)CCN1C(=O)C(=O)C(=C(O)c2ccc(OCC(C)C)cc2)[C@@H]1c1ccccc1OC. The first kappa shape index (κ1) is 26.3. The molecule has 1 saturated heterocycles. The molecule has 1 heterocycles. The normalized spacial score (nSPS) is 17.5. The lowest BCUT2D eigenvalue weighted by atomic mass is 9.94. The van der Waals surface area contributed by atoms with Crippen LogP contribution in [-0.2, 0) is 9.59 Å². The number of nitrogens with zero attached hydrogens (tertiary/aromatic N) is 2. The Morgan fingerprint density at radius 2 is 1.71 bits per heavy atom. The number of methoxy groups -OCH3 is 1. The molecule has 1 aliphatic heterocycles. The van der Waals surface area contributed by atoms with Crippen LogP contribution < -0.4 is 9.47 Å². The second-order valence-corrected chi connectivity index (χ2v) is 8.99. The molecule has 0 bridgehead atoms. The number of aliphatic hydroxyl groups excluding tert-OH is 1. The van der Waals surface area contributed by atoms with Gasteiger partial charge in [-0.25, -0.2) is 0 Å². The predicted octanol–water partition coefficient (Wildman–Crippen LogP) is 4.49. The van der Waals surface area contributed by atoms with Crippen LogP contribution in [0.25, 0.3) is 5.76 Å². The number of hydrogen-bond donors (Lipinski definition) is 1. The van der Waals surface area contributed by atoms with Crippen LogP contribution >= 0.6 is 0 Å². The predicted molar refractivity (Wildman–Crippen MR) is 137 cm³/mol. The molecule has 2 aromatic carbocycles. The van der Waals surface area contributed by atoms with Crippen LogP contribution in [-0.4, -0.2) is 66.5 Å². The number of rotatable bonds is 11. The summed E-state index contributed by atoms with van der Waals surface area (Å²) in [6.07, 6.45) is 0. The van der Waals surface area contributed by atoms with Crippen LogP contribution in [0.15, 0.2) is 54.1 Å². The van der Waals surface area contributed by atoms with E-state index in [1.165, 1.54) is 0 Å². The first-order valence-corrected chi connectivity index (χ1v) is 12.2. The molecule has 0 aromatic heterocycles. The number of Topliss-reactive ketones (excluding diaryl/α,β-unsaturated/α-hetero) is 1. The van der Waals surface area contributed by atoms with Crippen molar-refractivity contribution in [3.05, 3.63) is 65.2 Å². The summed E-state index contributed by atoms with van der Waals surface area (Å²) in [7, 11) is 1.55. The number of carbonyl (C=O) groups is 2. The molecule has 0 spiro atoms. The van der Waals surface area contributed by atoms with E-state index in [-0.39, 0.29) is 11.3 Å². The number of carbonyl (C=O) groups excluding carboxylic acids is 2. The van der Waals surface area contributed by atoms with Crippen molar-refractivity contribution in [2.45, 2.75) is 33.7 Å². The van der Waals surface area contributed by atoms with Crippen LogP contribution in [0.5, 0.6) is 11.5 Å². The summed E-state index contributed by atoms with van der Waals surface area (Å²) in [5, 5.41) is 11.3. The largest absolute Gasteiger partial charge is 0.507 e. The molecule has 0 saturated carbocycles. The fourth-order valence-corrected chi connectivity index (χ4v) is 4.24. The number of hydrogen-bond acceptors (Lipinski definition) is 6. The van der Waals surface area contributed by atoms with E-state index < -0.39 is 17.7 Å². The zero-order valence-corrected chi connectivity index (χ0v) is 21.3. The van der Waals surface area contributed by atoms with Crippen molar-refractivity contribution in [3.8, 4) is 11.5 Å². The van der Waals surface area contributed by atoms with Gasteiger partial charge in [-0.3, -0.25) is 9.59 Å². The first-order valence-electron chi connectivity index (χ1n) is 12.2. The third kappa shape index (κ3) is 5.85. The third-order valence-electron chi connectivity index (χ3n) is 6.24. The summed E-state index contributed by atoms with van der Waals surface area (Å²) in [6.45, 7) is 11.5. The second-order valence-electron chi connectivity index (χ2n) is 8.99. The number of likely N-dealkylation sites (N-methyl/N-ethyl adjacent to an activating group) is 1. The van der Waals surface area contributed by atoms with E-state index in [1.807, 2.05) is 18.2 Å². The van der Waals surface area contributed by atoms with Crippen molar-refractivity contribution in [1.82, 2.24) is 9.80 Å². The van der Waals surface area contributed by atoms with Gasteiger partial charge in [0.05, 0.1) is 25.3 Å². The smallest absolute Gasteiger partial charge is 0.295 e. The molecule has 35 heavy (non-hydrogen) atoms. The lowest BCUT2D eigenvalue weighted by Crippen LogP contribution is -2.38. The maximum atomic E-state index is 13.3. The molecular formula is C28H36N2O5. The lowest BCUT2D eigenvalue weighted by molar-refractivity contribution is -0.140. The van der Waals surface area contributed by atoms with Crippen LogP contribution in [0.4, 0.5) is 0 Å². The van der Waals surface area contributed by atoms with E-state index in [1.54, 1.807) is 42.3 Å². The summed E-state index contributed by atoms with van der Waals surface area (Å²) in [6, 6.07) is 13.5. The van der Waals surface area contributed by atoms with E-state index in [0.29, 0.717) is 48.2 Å². The molecule has 1 fully saturated rings. The summed E-state index contributed by atoms with van der Waals surface area (Å²) in [5.41, 5.74) is 1.17. The van der Waals surface area contributed by atoms with Gasteiger partial charge in [0.25, 0.3) is 11.7 Å². The summed E-state index contributed by atoms with van der Waals surface area (Å²) in [4.78, 5) is 30.2. The summed E-state index contributed by atoms with van der Waals surface area (Å²) < 4.78 is 11.3. The van der Waals surface area contributed by atoms with Gasteiger partial charge in [0.1, 0.15) is 17.3 Å². The lowest BCUT2D eigenvalue weighted by Gasteiger charge is -2.29. The van der Waals surface area contributed by atoms with Gasteiger partial charge in [-0.1, -0.05) is 45.9 Å². The number of para-hydroxylation sites is 1. The Hall–Kier alpha value is -3.32. The van der Waals surface area contributed by atoms with Crippen molar-refractivity contribution in [2.75, 3.05) is 39.9 Å². The minimum Gasteiger partial charge on any atom is -0.507 e. The Bertz CT molecular complexity index is 1060. The maximum Gasteiger partial charge on any atom is 0.295 e. The molecule has 0 unspecified atom stereocenters. The van der Waals surface area contributed by atoms with Gasteiger partial charge >= 0.3 is 0 Å². The Morgan fingerprint density at radius 1 is 1.06 bits per heavy atom. The molecule has 7 nitrogen and oxygen atoms in total. The second kappa shape index (κ2) is 11.9. The highest BCUT2D eigenvalue weighted by Crippen LogP contribution is 2.42. The van der Waals surface area contributed by atoms with Gasteiger partial charge in [-0.2, -0.15) is 0 Å². The van der Waals surface area contributed by atoms with Crippen molar-refractivity contribution in [3.63, 3.8) is 0 Å². The topological polar surface area (TPSA) is 79.3 Å². The Balaban J connectivity index is 2.05. The molecule has 0 aliphatic carbocycles. The number of likely N-dealkylation sites (tertiary alicyclic amines) is 1. The number of aliphatic hydroxyl groups is 1. The van der Waals surface area contributed by atoms with Crippen molar-refractivity contribution in [1.29, 1.82) is 0 Å². The minimum absolute atomic E-state index is 0.0647. The average molecular weight is 481 g/mol. The molecule has 1 amide bonds. The highest BCUT2D eigenvalue weighted by Gasteiger charge is 2.46. The monoisotopic (exact) mass is 480 g/mol. The molecule has 1 atom stereocenters. The van der Waals surface area contributed by atoms with Gasteiger partial charge in [-0.05, 0) is 49.3 Å². The molecule has 0 radical (unpaired) electrons. The van der Waals surface area contributed by atoms with Crippen LogP contribution in [0, 0.1) is 5.92 Å². The van der Waals surface area contributed by atoms with Crippen molar-refractivity contribution >= 4 is 17.4 Å². The highest BCUT2D eigenvalue weighted by molar-refractivity contribution is 6.46. The van der Waals surface area contributed by atoms with E-state index in [2.05, 4.69) is 32.6 Å². The third-order valence-corrected chi connectivity index (χ3v) is 6.24. The Labute approximate surface area is 207 Å². The van der Waals surface area contributed by atoms with Gasteiger partial charge in [-0.15, -0.1) is 0 Å². The van der Waals surface area contributed by atoms with Gasteiger partial charge in [0.2, 0.25) is 0 Å². The fraction of sp³-hybridized carbons (Fsp3) is 0.429. The minimum atomic E-state index is -0.751. The van der Waals surface area contributed by atoms with Crippen molar-refractivity contribution < 1.29 is 24.2 Å². The molecular weight excluding hydrogens is 444 g/mol. The summed E-state index contributed by atoms with van der Waals surface area (Å²) >= 11 is 0. The summed E-state index contributed by atoms with van der Waals surface area (Å²) in [5.74, 6) is 0.0904. The van der Waals surface area contributed by atoms with Crippen LogP contribution in [0.2, 0.25) is 0 Å². The van der Waals surface area contributed by atoms with Crippen molar-refractivity contribution in [2.24, 2.45) is 5.92 Å². The Kier molecular flexibility index (Phi) is 8.93. The number of ketones is 1. The highest BCUT2D eigenvalue weighted by atomic mass is 16.5. The quantitative estimate of drug-likeness (QED) is 0.290. The maximum absolute atomic E-state index is 13.3. The van der Waals surface area contributed by atoms with Gasteiger partial charge < -0.3 is 24.4 Å². The zero-order valence-electron chi connectivity index (χ0n) is 21.3.